The first-order valence-corrected chi connectivity index (χ1v) is 8.10. The predicted molar refractivity (Wildman–Crippen MR) is 91.8 cm³/mol. The number of carbonyl (C=O) groups excluding carboxylic acids is 1. The third-order valence-electron chi connectivity index (χ3n) is 4.53. The zero-order chi connectivity index (χ0) is 16.5. The van der Waals surface area contributed by atoms with Crippen LogP contribution in [0.15, 0.2) is 48.7 Å². The van der Waals surface area contributed by atoms with Crippen LogP contribution in [0.1, 0.15) is 21.6 Å². The number of aryl methyl sites for hydroxylation is 1. The van der Waals surface area contributed by atoms with E-state index in [0.29, 0.717) is 25.4 Å². The van der Waals surface area contributed by atoms with E-state index in [4.69, 9.17) is 4.74 Å². The summed E-state index contributed by atoms with van der Waals surface area (Å²) in [6.07, 6.45) is 1.76. The third kappa shape index (κ3) is 2.67. The Morgan fingerprint density at radius 1 is 1.25 bits per heavy atom. The van der Waals surface area contributed by atoms with Crippen molar-refractivity contribution in [3.63, 3.8) is 0 Å². The molecule has 1 saturated heterocycles. The van der Waals surface area contributed by atoms with E-state index in [1.54, 1.807) is 11.1 Å². The van der Waals surface area contributed by atoms with Crippen molar-refractivity contribution in [2.24, 2.45) is 0 Å². The Labute approximate surface area is 140 Å². The summed E-state index contributed by atoms with van der Waals surface area (Å²) in [6, 6.07) is 14.6. The van der Waals surface area contributed by atoms with Gasteiger partial charge < -0.3 is 9.64 Å². The highest BCUT2D eigenvalue weighted by molar-refractivity contribution is 5.94. The smallest absolute Gasteiger partial charge is 0.272 e. The summed E-state index contributed by atoms with van der Waals surface area (Å²) in [5.41, 5.74) is 2.63. The number of ether oxygens (including phenoxy) is 1. The molecule has 0 bridgehead atoms. The maximum absolute atomic E-state index is 12.3. The van der Waals surface area contributed by atoms with Gasteiger partial charge in [-0.3, -0.25) is 9.89 Å². The van der Waals surface area contributed by atoms with Gasteiger partial charge in [0.15, 0.2) is 0 Å². The highest BCUT2D eigenvalue weighted by atomic mass is 16.5. The number of likely N-dealkylation sites (tertiary alicyclic amines) is 1. The Bertz CT molecular complexity index is 876. The lowest BCUT2D eigenvalue weighted by atomic mass is 10.1. The van der Waals surface area contributed by atoms with E-state index in [-0.39, 0.29) is 12.0 Å². The second-order valence-corrected chi connectivity index (χ2v) is 6.21. The van der Waals surface area contributed by atoms with Gasteiger partial charge in [-0.25, -0.2) is 0 Å². The normalized spacial score (nSPS) is 14.8. The van der Waals surface area contributed by atoms with Gasteiger partial charge in [-0.05, 0) is 28.8 Å². The number of hydrogen-bond donors (Lipinski definition) is 1. The summed E-state index contributed by atoms with van der Waals surface area (Å²) < 4.78 is 5.98. The molecule has 0 unspecified atom stereocenters. The van der Waals surface area contributed by atoms with Crippen LogP contribution in [0.3, 0.4) is 0 Å². The summed E-state index contributed by atoms with van der Waals surface area (Å²) in [6.45, 7) is 3.70. The molecule has 0 saturated carbocycles. The van der Waals surface area contributed by atoms with Crippen molar-refractivity contribution in [3.05, 3.63) is 65.5 Å². The number of nitrogens with zero attached hydrogens (tertiary/aromatic N) is 2. The van der Waals surface area contributed by atoms with Gasteiger partial charge in [0.1, 0.15) is 5.69 Å². The fourth-order valence-corrected chi connectivity index (χ4v) is 3.06. The van der Waals surface area contributed by atoms with Crippen LogP contribution in [0.5, 0.6) is 0 Å². The molecule has 1 amide bonds. The van der Waals surface area contributed by atoms with Crippen LogP contribution in [-0.4, -0.2) is 40.2 Å². The van der Waals surface area contributed by atoms with Crippen LogP contribution in [0.2, 0.25) is 0 Å². The van der Waals surface area contributed by atoms with E-state index in [2.05, 4.69) is 40.5 Å². The molecule has 0 radical (unpaired) electrons. The van der Waals surface area contributed by atoms with Crippen molar-refractivity contribution in [3.8, 4) is 0 Å². The van der Waals surface area contributed by atoms with Crippen molar-refractivity contribution < 1.29 is 9.53 Å². The minimum absolute atomic E-state index is 0.00462. The maximum Gasteiger partial charge on any atom is 0.272 e. The van der Waals surface area contributed by atoms with E-state index in [1.807, 2.05) is 19.1 Å². The SMILES string of the molecule is Cc1cn[nH]c1C(=O)N1CC(OCc2cccc3ccccc23)C1. The molecule has 5 nitrogen and oxygen atoms in total. The van der Waals surface area contributed by atoms with Crippen LogP contribution in [0, 0.1) is 6.92 Å². The molecule has 1 aliphatic heterocycles. The molecule has 1 fully saturated rings. The molecule has 3 aromatic rings. The molecule has 4 rings (SSSR count). The first-order valence-electron chi connectivity index (χ1n) is 8.10. The van der Waals surface area contributed by atoms with Crippen molar-refractivity contribution in [1.29, 1.82) is 0 Å². The summed E-state index contributed by atoms with van der Waals surface area (Å²) in [4.78, 5) is 14.1. The largest absolute Gasteiger partial charge is 0.370 e. The molecule has 0 spiro atoms. The molecule has 2 heterocycles. The zero-order valence-electron chi connectivity index (χ0n) is 13.5. The standard InChI is InChI=1S/C19H19N3O2/c1-13-9-20-21-18(13)19(23)22-10-16(11-22)24-12-15-7-4-6-14-5-2-3-8-17(14)15/h2-9,16H,10-12H2,1H3,(H,20,21). The van der Waals surface area contributed by atoms with Crippen LogP contribution in [0.25, 0.3) is 10.8 Å². The zero-order valence-corrected chi connectivity index (χ0v) is 13.5. The van der Waals surface area contributed by atoms with Crippen LogP contribution in [-0.2, 0) is 11.3 Å². The van der Waals surface area contributed by atoms with Crippen LogP contribution >= 0.6 is 0 Å². The number of H-pyrrole nitrogens is 1. The lowest BCUT2D eigenvalue weighted by molar-refractivity contribution is -0.0502. The van der Waals surface area contributed by atoms with E-state index >= 15 is 0 Å². The number of hydrogen-bond acceptors (Lipinski definition) is 3. The number of rotatable bonds is 4. The fourth-order valence-electron chi connectivity index (χ4n) is 3.06. The van der Waals surface area contributed by atoms with Gasteiger partial charge in [-0.15, -0.1) is 0 Å². The Kier molecular flexibility index (Phi) is 3.78. The van der Waals surface area contributed by atoms with Gasteiger partial charge in [-0.1, -0.05) is 42.5 Å². The minimum atomic E-state index is -0.00462. The van der Waals surface area contributed by atoms with Crippen molar-refractivity contribution in [2.75, 3.05) is 13.1 Å². The van der Waals surface area contributed by atoms with Gasteiger partial charge in [0.05, 0.1) is 18.9 Å². The number of nitrogens with one attached hydrogen (secondary N) is 1. The first-order chi connectivity index (χ1) is 11.7. The number of aromatic amines is 1. The summed E-state index contributed by atoms with van der Waals surface area (Å²) in [5, 5.41) is 9.11. The summed E-state index contributed by atoms with van der Waals surface area (Å²) in [7, 11) is 0. The molecule has 1 N–H and O–H groups in total. The molecular formula is C19H19N3O2. The maximum atomic E-state index is 12.3. The number of amides is 1. The predicted octanol–water partition coefficient (Wildman–Crippen LogP) is 2.91. The number of fused-ring (bicyclic) bond motifs is 1. The number of aromatic nitrogens is 2. The molecule has 0 atom stereocenters. The Balaban J connectivity index is 1.35. The Hall–Kier alpha value is -2.66. The monoisotopic (exact) mass is 321 g/mol. The number of benzene rings is 2. The molecule has 122 valence electrons. The van der Waals surface area contributed by atoms with Gasteiger partial charge in [0.2, 0.25) is 0 Å². The minimum Gasteiger partial charge on any atom is -0.370 e. The van der Waals surface area contributed by atoms with Gasteiger partial charge >= 0.3 is 0 Å². The summed E-state index contributed by atoms with van der Waals surface area (Å²) in [5.74, 6) is -0.00462. The Morgan fingerprint density at radius 2 is 2.04 bits per heavy atom. The van der Waals surface area contributed by atoms with E-state index in [9.17, 15) is 4.79 Å². The highest BCUT2D eigenvalue weighted by Gasteiger charge is 2.33. The molecule has 2 aromatic carbocycles. The van der Waals surface area contributed by atoms with E-state index < -0.39 is 0 Å². The average molecular weight is 321 g/mol. The second kappa shape index (κ2) is 6.09. The average Bonchev–Trinajstić information content (AvgIpc) is 2.99. The molecule has 1 aromatic heterocycles. The quantitative estimate of drug-likeness (QED) is 0.804. The van der Waals surface area contributed by atoms with Crippen LogP contribution in [0.4, 0.5) is 0 Å². The molecule has 5 heteroatoms. The number of carbonyl (C=O) groups is 1. The summed E-state index contributed by atoms with van der Waals surface area (Å²) >= 11 is 0. The van der Waals surface area contributed by atoms with E-state index in [0.717, 1.165) is 5.56 Å². The second-order valence-electron chi connectivity index (χ2n) is 6.21. The van der Waals surface area contributed by atoms with Crippen molar-refractivity contribution in [2.45, 2.75) is 19.6 Å². The molecular weight excluding hydrogens is 302 g/mol. The van der Waals surface area contributed by atoms with Gasteiger partial charge in [-0.2, -0.15) is 5.10 Å². The molecule has 0 aliphatic carbocycles. The molecule has 24 heavy (non-hydrogen) atoms. The van der Waals surface area contributed by atoms with E-state index in [1.165, 1.54) is 16.3 Å². The Morgan fingerprint density at radius 3 is 2.83 bits per heavy atom. The topological polar surface area (TPSA) is 58.2 Å². The lowest BCUT2D eigenvalue weighted by Gasteiger charge is -2.38. The fraction of sp³-hybridized carbons (Fsp3) is 0.263. The lowest BCUT2D eigenvalue weighted by Crippen LogP contribution is -2.54. The highest BCUT2D eigenvalue weighted by Crippen LogP contribution is 2.22. The third-order valence-corrected chi connectivity index (χ3v) is 4.53. The van der Waals surface area contributed by atoms with Gasteiger partial charge in [0, 0.05) is 13.1 Å². The van der Waals surface area contributed by atoms with Crippen molar-refractivity contribution in [1.82, 2.24) is 15.1 Å². The molecule has 1 aliphatic rings. The van der Waals surface area contributed by atoms with Crippen molar-refractivity contribution >= 4 is 16.7 Å². The van der Waals surface area contributed by atoms with Gasteiger partial charge in [0.25, 0.3) is 5.91 Å². The van der Waals surface area contributed by atoms with Crippen LogP contribution < -0.4 is 0 Å². The first kappa shape index (κ1) is 14.9.